The van der Waals surface area contributed by atoms with Gasteiger partial charge in [0.25, 0.3) is 0 Å². The van der Waals surface area contributed by atoms with Gasteiger partial charge in [0.15, 0.2) is 0 Å². The summed E-state index contributed by atoms with van der Waals surface area (Å²) >= 11 is 0. The quantitative estimate of drug-likeness (QED) is 0.543. The van der Waals surface area contributed by atoms with Gasteiger partial charge in [-0.05, 0) is 30.2 Å². The molecule has 1 aliphatic heterocycles. The van der Waals surface area contributed by atoms with Crippen LogP contribution in [0, 0.1) is 6.92 Å². The van der Waals surface area contributed by atoms with E-state index in [4.69, 9.17) is 11.5 Å². The summed E-state index contributed by atoms with van der Waals surface area (Å²) in [5.74, 6) is 0.439. The number of aliphatic imine (C=N–C) groups is 2. The number of nitrogens with one attached hydrogen (secondary N) is 1. The Kier molecular flexibility index (Phi) is 6.76. The number of nitrogens with two attached hydrogens (primary N) is 2. The largest absolute Gasteiger partial charge is 0.404 e. The molecule has 27 heavy (non-hydrogen) atoms. The average molecular weight is 368 g/mol. The molecule has 1 aromatic rings. The molecule has 144 valence electrons. The molecule has 0 unspecified atom stereocenters. The highest BCUT2D eigenvalue weighted by atomic mass is 16.2. The Hall–Kier alpha value is -3.09. The van der Waals surface area contributed by atoms with Crippen LogP contribution in [0.25, 0.3) is 5.57 Å². The van der Waals surface area contributed by atoms with Crippen molar-refractivity contribution in [2.45, 2.75) is 20.3 Å². The topological polar surface area (TPSA) is 109 Å². The van der Waals surface area contributed by atoms with Gasteiger partial charge in [0, 0.05) is 63.2 Å². The van der Waals surface area contributed by atoms with Gasteiger partial charge in [0.1, 0.15) is 5.84 Å². The van der Waals surface area contributed by atoms with E-state index in [1.807, 2.05) is 32.2 Å². The van der Waals surface area contributed by atoms with Crippen LogP contribution in [0.2, 0.25) is 0 Å². The Balaban J connectivity index is 2.43. The lowest BCUT2D eigenvalue weighted by atomic mass is 10.0. The standard InChI is InChI=1S/C20H28N6O/c1-13-7-15(16(10-21)11-23-3)9-17(8-13)25-20(22)18-12-26(14(2)27)6-5-19(18)24-4/h7-11,24H,5-6,12,21H2,1-4H3,(H2,22,25). The molecule has 0 saturated heterocycles. The third-order valence-corrected chi connectivity index (χ3v) is 4.49. The van der Waals surface area contributed by atoms with E-state index < -0.39 is 0 Å². The third-order valence-electron chi connectivity index (χ3n) is 4.49. The van der Waals surface area contributed by atoms with Crippen LogP contribution in [0.5, 0.6) is 0 Å². The smallest absolute Gasteiger partial charge is 0.219 e. The van der Waals surface area contributed by atoms with Gasteiger partial charge in [-0.25, -0.2) is 4.99 Å². The van der Waals surface area contributed by atoms with Gasteiger partial charge in [-0.3, -0.25) is 9.79 Å². The van der Waals surface area contributed by atoms with Crippen LogP contribution in [-0.2, 0) is 4.79 Å². The van der Waals surface area contributed by atoms with E-state index >= 15 is 0 Å². The van der Waals surface area contributed by atoms with E-state index in [0.29, 0.717) is 18.9 Å². The highest BCUT2D eigenvalue weighted by Gasteiger charge is 2.22. The van der Waals surface area contributed by atoms with Gasteiger partial charge in [-0.2, -0.15) is 0 Å². The second kappa shape index (κ2) is 9.02. The van der Waals surface area contributed by atoms with Crippen LogP contribution in [0.4, 0.5) is 5.69 Å². The maximum atomic E-state index is 11.8. The first-order valence-electron chi connectivity index (χ1n) is 8.85. The van der Waals surface area contributed by atoms with Crippen LogP contribution in [0.3, 0.4) is 0 Å². The van der Waals surface area contributed by atoms with Gasteiger partial charge >= 0.3 is 0 Å². The summed E-state index contributed by atoms with van der Waals surface area (Å²) in [5.41, 5.74) is 17.4. The van der Waals surface area contributed by atoms with Crippen LogP contribution in [0.15, 0.2) is 45.7 Å². The minimum absolute atomic E-state index is 0.0323. The number of nitrogens with zero attached hydrogens (tertiary/aromatic N) is 3. The molecule has 1 aliphatic rings. The number of benzene rings is 1. The van der Waals surface area contributed by atoms with E-state index in [2.05, 4.69) is 15.3 Å². The molecule has 0 saturated carbocycles. The van der Waals surface area contributed by atoms with Crippen molar-refractivity contribution in [3.05, 3.63) is 46.8 Å². The maximum absolute atomic E-state index is 11.8. The summed E-state index contributed by atoms with van der Waals surface area (Å²) in [4.78, 5) is 22.2. The fraction of sp³-hybridized carbons (Fsp3) is 0.350. The number of carbonyl (C=O) groups is 1. The molecule has 1 aromatic carbocycles. The van der Waals surface area contributed by atoms with Crippen molar-refractivity contribution in [1.82, 2.24) is 10.2 Å². The molecule has 5 N–H and O–H groups in total. The van der Waals surface area contributed by atoms with Crippen molar-refractivity contribution in [3.8, 4) is 0 Å². The van der Waals surface area contributed by atoms with Gasteiger partial charge in [-0.1, -0.05) is 6.07 Å². The lowest BCUT2D eigenvalue weighted by Gasteiger charge is -2.29. The Labute approximate surface area is 160 Å². The van der Waals surface area contributed by atoms with E-state index in [9.17, 15) is 4.79 Å². The van der Waals surface area contributed by atoms with Gasteiger partial charge in [-0.15, -0.1) is 0 Å². The minimum atomic E-state index is 0.0323. The highest BCUT2D eigenvalue weighted by molar-refractivity contribution is 6.10. The Morgan fingerprint density at radius 3 is 2.67 bits per heavy atom. The maximum Gasteiger partial charge on any atom is 0.219 e. The molecule has 0 aliphatic carbocycles. The highest BCUT2D eigenvalue weighted by Crippen LogP contribution is 2.24. The van der Waals surface area contributed by atoms with Gasteiger partial charge in [0.2, 0.25) is 5.91 Å². The zero-order valence-electron chi connectivity index (χ0n) is 16.4. The number of rotatable bonds is 5. The summed E-state index contributed by atoms with van der Waals surface area (Å²) in [6, 6.07) is 5.90. The molecule has 1 heterocycles. The molecule has 7 nitrogen and oxygen atoms in total. The Morgan fingerprint density at radius 1 is 1.33 bits per heavy atom. The number of hydrogen-bond donors (Lipinski definition) is 3. The van der Waals surface area contributed by atoms with Crippen LogP contribution in [0.1, 0.15) is 24.5 Å². The molecular formula is C20H28N6O. The second-order valence-corrected chi connectivity index (χ2v) is 6.46. The predicted molar refractivity (Wildman–Crippen MR) is 112 cm³/mol. The molecule has 0 bridgehead atoms. The summed E-state index contributed by atoms with van der Waals surface area (Å²) < 4.78 is 0. The molecule has 1 amide bonds. The molecule has 2 rings (SSSR count). The molecule has 0 atom stereocenters. The minimum Gasteiger partial charge on any atom is -0.404 e. The lowest BCUT2D eigenvalue weighted by Crippen LogP contribution is -2.40. The molecule has 0 radical (unpaired) electrons. The van der Waals surface area contributed by atoms with Gasteiger partial charge < -0.3 is 21.7 Å². The van der Waals surface area contributed by atoms with Crippen molar-refractivity contribution in [2.75, 3.05) is 27.2 Å². The average Bonchev–Trinajstić information content (AvgIpc) is 2.64. The zero-order chi connectivity index (χ0) is 20.0. The number of allylic oxidation sites excluding steroid dienone is 1. The van der Waals surface area contributed by atoms with E-state index in [0.717, 1.165) is 40.1 Å². The second-order valence-electron chi connectivity index (χ2n) is 6.46. The summed E-state index contributed by atoms with van der Waals surface area (Å²) in [6.07, 6.45) is 3.96. The van der Waals surface area contributed by atoms with E-state index in [1.54, 1.807) is 25.1 Å². The van der Waals surface area contributed by atoms with Crippen LogP contribution in [-0.4, -0.2) is 50.0 Å². The Morgan fingerprint density at radius 2 is 2.07 bits per heavy atom. The fourth-order valence-electron chi connectivity index (χ4n) is 3.10. The molecule has 7 heteroatoms. The van der Waals surface area contributed by atoms with Crippen molar-refractivity contribution >= 4 is 29.2 Å². The van der Waals surface area contributed by atoms with Crippen molar-refractivity contribution in [3.63, 3.8) is 0 Å². The summed E-state index contributed by atoms with van der Waals surface area (Å²) in [5, 5.41) is 3.18. The number of amides is 1. The Bertz CT molecular complexity index is 835. The third kappa shape index (κ3) is 4.97. The first kappa shape index (κ1) is 20.2. The number of hydrogen-bond acceptors (Lipinski definition) is 5. The zero-order valence-corrected chi connectivity index (χ0v) is 16.4. The monoisotopic (exact) mass is 368 g/mol. The first-order valence-corrected chi connectivity index (χ1v) is 8.85. The fourth-order valence-corrected chi connectivity index (χ4v) is 3.10. The van der Waals surface area contributed by atoms with Crippen molar-refractivity contribution in [2.24, 2.45) is 21.5 Å². The van der Waals surface area contributed by atoms with Crippen LogP contribution >= 0.6 is 0 Å². The number of carbonyl (C=O) groups excluding carboxylic acids is 1. The SMILES string of the molecule is CN=CC(=CN)c1cc(C)cc(N=C(N)C2=C(NC)CCN(C(C)=O)C2)c1. The molecule has 0 aromatic heterocycles. The van der Waals surface area contributed by atoms with Crippen molar-refractivity contribution < 1.29 is 4.79 Å². The number of amidine groups is 1. The first-order chi connectivity index (χ1) is 12.9. The predicted octanol–water partition coefficient (Wildman–Crippen LogP) is 1.71. The number of aryl methyl sites for hydroxylation is 1. The normalized spacial score (nSPS) is 16.2. The molecule has 0 fully saturated rings. The van der Waals surface area contributed by atoms with Gasteiger partial charge in [0.05, 0.1) is 12.2 Å². The van der Waals surface area contributed by atoms with Crippen LogP contribution < -0.4 is 16.8 Å². The van der Waals surface area contributed by atoms with E-state index in [-0.39, 0.29) is 5.91 Å². The summed E-state index contributed by atoms with van der Waals surface area (Å²) in [7, 11) is 3.56. The summed E-state index contributed by atoms with van der Waals surface area (Å²) in [6.45, 7) is 4.69. The van der Waals surface area contributed by atoms with Crippen molar-refractivity contribution in [1.29, 1.82) is 0 Å². The molecule has 0 spiro atoms. The lowest BCUT2D eigenvalue weighted by molar-refractivity contribution is -0.128. The van der Waals surface area contributed by atoms with E-state index in [1.165, 1.54) is 6.20 Å². The molecular weight excluding hydrogens is 340 g/mol.